The zero-order chi connectivity index (χ0) is 16.2. The minimum absolute atomic E-state index is 0.0339. The van der Waals surface area contributed by atoms with E-state index in [1.807, 2.05) is 0 Å². The molecule has 0 fully saturated rings. The van der Waals surface area contributed by atoms with E-state index in [0.717, 1.165) is 6.07 Å². The van der Waals surface area contributed by atoms with E-state index in [0.29, 0.717) is 0 Å². The second kappa shape index (κ2) is 6.53. The summed E-state index contributed by atoms with van der Waals surface area (Å²) < 4.78 is 13.7. The number of likely N-dealkylation sites (N-methyl/N-ethyl adjacent to an activating group) is 1. The first-order valence-electron chi connectivity index (χ1n) is 6.46. The Labute approximate surface area is 122 Å². The summed E-state index contributed by atoms with van der Waals surface area (Å²) in [6.07, 6.45) is 0. The summed E-state index contributed by atoms with van der Waals surface area (Å²) >= 11 is 0. The van der Waals surface area contributed by atoms with Crippen molar-refractivity contribution in [3.05, 3.63) is 29.6 Å². The van der Waals surface area contributed by atoms with Gasteiger partial charge in [0, 0.05) is 6.54 Å². The summed E-state index contributed by atoms with van der Waals surface area (Å²) in [6, 6.07) is 2.84. The first-order valence-corrected chi connectivity index (χ1v) is 6.46. The predicted octanol–water partition coefficient (Wildman–Crippen LogP) is 2.15. The largest absolute Gasteiger partial charge is 0.478 e. The Morgan fingerprint density at radius 2 is 2.00 bits per heavy atom. The highest BCUT2D eigenvalue weighted by Gasteiger charge is 2.23. The number of nitrogens with zero attached hydrogens (tertiary/aromatic N) is 1. The van der Waals surface area contributed by atoms with E-state index in [1.165, 1.54) is 30.9 Å². The molecule has 0 unspecified atom stereocenters. The van der Waals surface area contributed by atoms with Crippen molar-refractivity contribution in [3.63, 3.8) is 0 Å². The van der Waals surface area contributed by atoms with E-state index >= 15 is 0 Å². The SMILES string of the molecule is CCN(CC(C)(C)O)C(=O)Nc1c(F)cccc1C(=O)O. The van der Waals surface area contributed by atoms with Gasteiger partial charge in [0.25, 0.3) is 0 Å². The molecule has 0 spiro atoms. The lowest BCUT2D eigenvalue weighted by Gasteiger charge is -2.28. The van der Waals surface area contributed by atoms with Gasteiger partial charge in [0.2, 0.25) is 0 Å². The van der Waals surface area contributed by atoms with Gasteiger partial charge < -0.3 is 20.4 Å². The molecule has 3 N–H and O–H groups in total. The van der Waals surface area contributed by atoms with Crippen LogP contribution in [0.1, 0.15) is 31.1 Å². The van der Waals surface area contributed by atoms with Gasteiger partial charge in [0.1, 0.15) is 5.82 Å². The zero-order valence-corrected chi connectivity index (χ0v) is 12.2. The maximum Gasteiger partial charge on any atom is 0.337 e. The van der Waals surface area contributed by atoms with Crippen LogP contribution in [-0.4, -0.2) is 45.8 Å². The average Bonchev–Trinajstić information content (AvgIpc) is 2.36. The first kappa shape index (κ1) is 16.9. The minimum atomic E-state index is -1.34. The fourth-order valence-corrected chi connectivity index (χ4v) is 1.81. The number of halogens is 1. The third-order valence-electron chi connectivity index (χ3n) is 2.72. The topological polar surface area (TPSA) is 89.9 Å². The van der Waals surface area contributed by atoms with E-state index in [4.69, 9.17) is 5.11 Å². The summed E-state index contributed by atoms with van der Waals surface area (Å²) in [6.45, 7) is 5.09. The van der Waals surface area contributed by atoms with Crippen molar-refractivity contribution >= 4 is 17.7 Å². The highest BCUT2D eigenvalue weighted by atomic mass is 19.1. The van der Waals surface area contributed by atoms with E-state index < -0.39 is 23.4 Å². The van der Waals surface area contributed by atoms with Crippen LogP contribution in [-0.2, 0) is 0 Å². The van der Waals surface area contributed by atoms with Gasteiger partial charge in [-0.05, 0) is 32.9 Å². The third-order valence-corrected chi connectivity index (χ3v) is 2.72. The van der Waals surface area contributed by atoms with Crippen LogP contribution in [0.3, 0.4) is 0 Å². The third kappa shape index (κ3) is 4.71. The van der Waals surface area contributed by atoms with Crippen LogP contribution in [0.4, 0.5) is 14.9 Å². The standard InChI is InChI=1S/C14H19FN2O4/c1-4-17(8-14(2,3)21)13(20)16-11-9(12(18)19)6-5-7-10(11)15/h5-7,21H,4,8H2,1-3H3,(H,16,20)(H,18,19). The van der Waals surface area contributed by atoms with Crippen LogP contribution >= 0.6 is 0 Å². The summed E-state index contributed by atoms with van der Waals surface area (Å²) in [5.74, 6) is -2.17. The lowest BCUT2D eigenvalue weighted by atomic mass is 10.1. The molecule has 0 aliphatic rings. The summed E-state index contributed by atoms with van der Waals surface area (Å²) in [5.41, 5.74) is -1.83. The number of rotatable bonds is 5. The van der Waals surface area contributed by atoms with Gasteiger partial charge >= 0.3 is 12.0 Å². The molecule has 0 saturated carbocycles. The number of hydrogen-bond acceptors (Lipinski definition) is 3. The smallest absolute Gasteiger partial charge is 0.337 e. The molecule has 0 atom stereocenters. The van der Waals surface area contributed by atoms with Gasteiger partial charge in [-0.1, -0.05) is 6.07 Å². The number of amides is 2. The number of urea groups is 1. The molecule has 0 bridgehead atoms. The maximum atomic E-state index is 13.7. The summed E-state index contributed by atoms with van der Waals surface area (Å²) in [5, 5.41) is 21.0. The first-order chi connectivity index (χ1) is 9.65. The van der Waals surface area contributed by atoms with Crippen LogP contribution in [0, 0.1) is 5.82 Å². The minimum Gasteiger partial charge on any atom is -0.478 e. The fourth-order valence-electron chi connectivity index (χ4n) is 1.81. The molecule has 116 valence electrons. The average molecular weight is 298 g/mol. The molecule has 0 aliphatic carbocycles. The Kier molecular flexibility index (Phi) is 5.26. The Bertz CT molecular complexity index is 540. The predicted molar refractivity (Wildman–Crippen MR) is 75.9 cm³/mol. The van der Waals surface area contributed by atoms with Gasteiger partial charge in [-0.3, -0.25) is 0 Å². The molecular weight excluding hydrogens is 279 g/mol. The number of hydrogen-bond donors (Lipinski definition) is 3. The second-order valence-corrected chi connectivity index (χ2v) is 5.22. The van der Waals surface area contributed by atoms with Gasteiger partial charge in [0.05, 0.1) is 23.4 Å². The molecule has 0 aliphatic heterocycles. The number of carboxylic acid groups (broad SMARTS) is 1. The molecule has 1 aromatic carbocycles. The highest BCUT2D eigenvalue weighted by Crippen LogP contribution is 2.20. The number of carbonyl (C=O) groups is 2. The number of carboxylic acids is 1. The molecule has 2 amide bonds. The van der Waals surface area contributed by atoms with Crippen LogP contribution < -0.4 is 5.32 Å². The van der Waals surface area contributed by atoms with Gasteiger partial charge in [-0.2, -0.15) is 0 Å². The molecule has 21 heavy (non-hydrogen) atoms. The van der Waals surface area contributed by atoms with E-state index in [-0.39, 0.29) is 24.3 Å². The molecule has 7 heteroatoms. The van der Waals surface area contributed by atoms with Crippen LogP contribution in [0.25, 0.3) is 0 Å². The zero-order valence-electron chi connectivity index (χ0n) is 12.2. The number of para-hydroxylation sites is 1. The molecule has 1 rings (SSSR count). The molecular formula is C14H19FN2O4. The number of nitrogens with one attached hydrogen (secondary N) is 1. The molecule has 0 saturated heterocycles. The van der Waals surface area contributed by atoms with E-state index in [2.05, 4.69) is 5.32 Å². The van der Waals surface area contributed by atoms with E-state index in [9.17, 15) is 19.1 Å². The number of aliphatic hydroxyl groups is 1. The second-order valence-electron chi connectivity index (χ2n) is 5.22. The van der Waals surface area contributed by atoms with Gasteiger partial charge in [-0.15, -0.1) is 0 Å². The number of anilines is 1. The van der Waals surface area contributed by atoms with E-state index in [1.54, 1.807) is 6.92 Å². The lowest BCUT2D eigenvalue weighted by Crippen LogP contribution is -2.44. The fraction of sp³-hybridized carbons (Fsp3) is 0.429. The Morgan fingerprint density at radius 3 is 2.48 bits per heavy atom. The van der Waals surface area contributed by atoms with Crippen molar-refractivity contribution in [3.8, 4) is 0 Å². The van der Waals surface area contributed by atoms with Gasteiger partial charge in [0.15, 0.2) is 0 Å². The van der Waals surface area contributed by atoms with Crippen LogP contribution in [0.5, 0.6) is 0 Å². The molecule has 6 nitrogen and oxygen atoms in total. The molecule has 0 aromatic heterocycles. The van der Waals surface area contributed by atoms with Crippen molar-refractivity contribution in [1.29, 1.82) is 0 Å². The lowest BCUT2D eigenvalue weighted by molar-refractivity contribution is 0.0500. The Hall–Kier alpha value is -2.15. The van der Waals surface area contributed by atoms with Gasteiger partial charge in [-0.25, -0.2) is 14.0 Å². The number of carbonyl (C=O) groups excluding carboxylic acids is 1. The van der Waals surface area contributed by atoms with Crippen molar-refractivity contribution in [2.24, 2.45) is 0 Å². The number of aromatic carboxylic acids is 1. The van der Waals surface area contributed by atoms with Crippen molar-refractivity contribution in [2.45, 2.75) is 26.4 Å². The Balaban J connectivity index is 3.00. The Morgan fingerprint density at radius 1 is 1.38 bits per heavy atom. The maximum absolute atomic E-state index is 13.7. The summed E-state index contributed by atoms with van der Waals surface area (Å²) in [7, 11) is 0. The molecule has 0 radical (unpaired) electrons. The molecule has 0 heterocycles. The number of benzene rings is 1. The quantitative estimate of drug-likeness (QED) is 0.777. The van der Waals surface area contributed by atoms with Crippen molar-refractivity contribution in [1.82, 2.24) is 4.90 Å². The monoisotopic (exact) mass is 298 g/mol. The molecule has 1 aromatic rings. The van der Waals surface area contributed by atoms with Crippen molar-refractivity contribution < 1.29 is 24.2 Å². The normalized spacial score (nSPS) is 11.1. The summed E-state index contributed by atoms with van der Waals surface area (Å²) in [4.78, 5) is 24.4. The highest BCUT2D eigenvalue weighted by molar-refractivity contribution is 6.00. The van der Waals surface area contributed by atoms with Crippen LogP contribution in [0.2, 0.25) is 0 Å². The van der Waals surface area contributed by atoms with Crippen LogP contribution in [0.15, 0.2) is 18.2 Å². The van der Waals surface area contributed by atoms with Crippen molar-refractivity contribution in [2.75, 3.05) is 18.4 Å².